The van der Waals surface area contributed by atoms with Gasteiger partial charge in [0.05, 0.1) is 16.9 Å². The van der Waals surface area contributed by atoms with Crippen molar-refractivity contribution in [1.29, 1.82) is 0 Å². The molecule has 2 N–H and O–H groups in total. The van der Waals surface area contributed by atoms with E-state index in [1.165, 1.54) is 12.1 Å². The molecule has 2 aromatic rings. The average Bonchev–Trinajstić information content (AvgIpc) is 3.44. The molecule has 1 saturated carbocycles. The van der Waals surface area contributed by atoms with Crippen LogP contribution in [0.3, 0.4) is 0 Å². The summed E-state index contributed by atoms with van der Waals surface area (Å²) in [6.45, 7) is 0.945. The summed E-state index contributed by atoms with van der Waals surface area (Å²) < 4.78 is 33.2. The van der Waals surface area contributed by atoms with Gasteiger partial charge in [0.2, 0.25) is 5.91 Å². The minimum Gasteiger partial charge on any atom is -0.383 e. The molecule has 6 nitrogen and oxygen atoms in total. The Morgan fingerprint density at radius 2 is 1.74 bits per heavy atom. The zero-order valence-corrected chi connectivity index (χ0v) is 17.3. The van der Waals surface area contributed by atoms with E-state index in [2.05, 4.69) is 26.0 Å². The van der Waals surface area contributed by atoms with Gasteiger partial charge in [-0.15, -0.1) is 0 Å². The zero-order chi connectivity index (χ0) is 19.5. The second kappa shape index (κ2) is 8.00. The highest BCUT2D eigenvalue weighted by Gasteiger charge is 2.51. The van der Waals surface area contributed by atoms with E-state index in [1.54, 1.807) is 31.4 Å². The predicted molar refractivity (Wildman–Crippen MR) is 107 cm³/mol. The van der Waals surface area contributed by atoms with E-state index < -0.39 is 15.4 Å². The van der Waals surface area contributed by atoms with Gasteiger partial charge in [0, 0.05) is 23.8 Å². The van der Waals surface area contributed by atoms with Crippen LogP contribution in [0.1, 0.15) is 18.4 Å². The lowest BCUT2D eigenvalue weighted by molar-refractivity contribution is -0.123. The molecule has 8 heteroatoms. The molecule has 0 spiro atoms. The van der Waals surface area contributed by atoms with Crippen LogP contribution < -0.4 is 10.0 Å². The lowest BCUT2D eigenvalue weighted by Crippen LogP contribution is -2.36. The first-order valence-corrected chi connectivity index (χ1v) is 10.8. The molecule has 0 bridgehead atoms. The Balaban J connectivity index is 1.70. The van der Waals surface area contributed by atoms with E-state index in [1.807, 2.05) is 12.1 Å². The van der Waals surface area contributed by atoms with Crippen molar-refractivity contribution in [3.63, 3.8) is 0 Å². The molecular weight excluding hydrogens is 432 g/mol. The topological polar surface area (TPSA) is 84.5 Å². The fraction of sp³-hybridized carbons (Fsp3) is 0.316. The van der Waals surface area contributed by atoms with Crippen molar-refractivity contribution >= 4 is 37.5 Å². The molecule has 0 heterocycles. The maximum absolute atomic E-state index is 12.5. The van der Waals surface area contributed by atoms with Crippen molar-refractivity contribution in [2.75, 3.05) is 25.0 Å². The Morgan fingerprint density at radius 3 is 2.30 bits per heavy atom. The lowest BCUT2D eigenvalue weighted by atomic mass is 9.95. The number of benzene rings is 2. The normalized spacial score (nSPS) is 15.2. The molecule has 0 saturated heterocycles. The van der Waals surface area contributed by atoms with Crippen molar-refractivity contribution in [2.24, 2.45) is 0 Å². The van der Waals surface area contributed by atoms with Crippen LogP contribution >= 0.6 is 15.9 Å². The number of hydrogen-bond donors (Lipinski definition) is 2. The number of amides is 1. The number of halogens is 1. The SMILES string of the molecule is COCCNC(=O)C1(c2ccc(NS(=O)(=O)c3ccc(Br)cc3)cc2)CC1. The summed E-state index contributed by atoms with van der Waals surface area (Å²) in [5.41, 5.74) is 0.845. The first kappa shape index (κ1) is 19.9. The van der Waals surface area contributed by atoms with Crippen LogP contribution in [0.2, 0.25) is 0 Å². The molecule has 1 amide bonds. The standard InChI is InChI=1S/C19H21BrN2O4S/c1-26-13-12-21-18(23)19(10-11-19)14-2-6-16(7-3-14)22-27(24,25)17-8-4-15(20)5-9-17/h2-9,22H,10-13H2,1H3,(H,21,23). The molecule has 0 radical (unpaired) electrons. The van der Waals surface area contributed by atoms with Crippen LogP contribution in [-0.2, 0) is 25.0 Å². The van der Waals surface area contributed by atoms with Crippen LogP contribution in [0.5, 0.6) is 0 Å². The summed E-state index contributed by atoms with van der Waals surface area (Å²) in [5, 5.41) is 2.88. The lowest BCUT2D eigenvalue weighted by Gasteiger charge is -2.16. The molecule has 144 valence electrons. The van der Waals surface area contributed by atoms with E-state index in [0.717, 1.165) is 22.9 Å². The zero-order valence-electron chi connectivity index (χ0n) is 14.9. The van der Waals surface area contributed by atoms with Crippen molar-refractivity contribution in [1.82, 2.24) is 5.32 Å². The Morgan fingerprint density at radius 1 is 1.11 bits per heavy atom. The molecule has 1 aliphatic rings. The predicted octanol–water partition coefficient (Wildman–Crippen LogP) is 3.04. The molecule has 0 aromatic heterocycles. The number of methoxy groups -OCH3 is 1. The van der Waals surface area contributed by atoms with Crippen molar-refractivity contribution in [3.8, 4) is 0 Å². The highest BCUT2D eigenvalue weighted by Crippen LogP contribution is 2.48. The molecule has 0 atom stereocenters. The maximum Gasteiger partial charge on any atom is 0.261 e. The minimum atomic E-state index is -3.66. The summed E-state index contributed by atoms with van der Waals surface area (Å²) >= 11 is 3.29. The molecule has 1 aliphatic carbocycles. The first-order valence-electron chi connectivity index (χ1n) is 8.54. The van der Waals surface area contributed by atoms with Crippen molar-refractivity contribution in [2.45, 2.75) is 23.2 Å². The number of carbonyl (C=O) groups is 1. The molecule has 0 aliphatic heterocycles. The van der Waals surface area contributed by atoms with Gasteiger partial charge in [-0.25, -0.2) is 8.42 Å². The minimum absolute atomic E-state index is 0.0113. The molecule has 1 fully saturated rings. The van der Waals surface area contributed by atoms with E-state index in [4.69, 9.17) is 4.74 Å². The monoisotopic (exact) mass is 452 g/mol. The third-order valence-corrected chi connectivity index (χ3v) is 6.52. The van der Waals surface area contributed by atoms with Gasteiger partial charge < -0.3 is 10.1 Å². The van der Waals surface area contributed by atoms with E-state index in [-0.39, 0.29) is 10.8 Å². The Labute approximate surface area is 167 Å². The Kier molecular flexibility index (Phi) is 5.88. The van der Waals surface area contributed by atoms with Gasteiger partial charge in [0.1, 0.15) is 0 Å². The first-order chi connectivity index (χ1) is 12.9. The van der Waals surface area contributed by atoms with Gasteiger partial charge in [-0.05, 0) is 54.8 Å². The smallest absolute Gasteiger partial charge is 0.261 e. The number of sulfonamides is 1. The summed E-state index contributed by atoms with van der Waals surface area (Å²) in [6.07, 6.45) is 1.57. The van der Waals surface area contributed by atoms with E-state index >= 15 is 0 Å². The summed E-state index contributed by atoms with van der Waals surface area (Å²) in [4.78, 5) is 12.6. The fourth-order valence-corrected chi connectivity index (χ4v) is 4.22. The fourth-order valence-electron chi connectivity index (χ4n) is 2.89. The second-order valence-corrected chi connectivity index (χ2v) is 9.07. The summed E-state index contributed by atoms with van der Waals surface area (Å²) in [7, 11) is -2.07. The quantitative estimate of drug-likeness (QED) is 0.602. The number of nitrogens with one attached hydrogen (secondary N) is 2. The maximum atomic E-state index is 12.5. The van der Waals surface area contributed by atoms with Crippen molar-refractivity contribution < 1.29 is 17.9 Å². The second-order valence-electron chi connectivity index (χ2n) is 6.47. The highest BCUT2D eigenvalue weighted by atomic mass is 79.9. The van der Waals surface area contributed by atoms with E-state index in [0.29, 0.717) is 18.8 Å². The molecule has 3 rings (SSSR count). The molecule has 27 heavy (non-hydrogen) atoms. The molecular formula is C19H21BrN2O4S. The Bertz CT molecular complexity index is 908. The van der Waals surface area contributed by atoms with Crippen LogP contribution in [0.25, 0.3) is 0 Å². The van der Waals surface area contributed by atoms with Gasteiger partial charge >= 0.3 is 0 Å². The largest absolute Gasteiger partial charge is 0.383 e. The molecule has 2 aromatic carbocycles. The Hall–Kier alpha value is -1.90. The van der Waals surface area contributed by atoms with E-state index in [9.17, 15) is 13.2 Å². The van der Waals surface area contributed by atoms with Crippen LogP contribution in [0, 0.1) is 0 Å². The van der Waals surface area contributed by atoms with Gasteiger partial charge in [-0.3, -0.25) is 9.52 Å². The number of hydrogen-bond acceptors (Lipinski definition) is 4. The number of rotatable bonds is 8. The number of carbonyl (C=O) groups excluding carboxylic acids is 1. The van der Waals surface area contributed by atoms with Crippen LogP contribution in [0.15, 0.2) is 57.9 Å². The summed E-state index contributed by atoms with van der Waals surface area (Å²) in [5.74, 6) is -0.0113. The van der Waals surface area contributed by atoms with Crippen LogP contribution in [-0.4, -0.2) is 34.6 Å². The summed E-state index contributed by atoms with van der Waals surface area (Å²) in [6, 6.07) is 13.4. The number of ether oxygens (including phenoxy) is 1. The molecule has 0 unspecified atom stereocenters. The van der Waals surface area contributed by atoms with Crippen LogP contribution in [0.4, 0.5) is 5.69 Å². The number of anilines is 1. The third-order valence-electron chi connectivity index (χ3n) is 4.59. The van der Waals surface area contributed by atoms with Gasteiger partial charge in [0.25, 0.3) is 10.0 Å². The van der Waals surface area contributed by atoms with Gasteiger partial charge in [-0.1, -0.05) is 28.1 Å². The van der Waals surface area contributed by atoms with Gasteiger partial charge in [0.15, 0.2) is 0 Å². The van der Waals surface area contributed by atoms with Crippen molar-refractivity contribution in [3.05, 3.63) is 58.6 Å². The average molecular weight is 453 g/mol. The van der Waals surface area contributed by atoms with Gasteiger partial charge in [-0.2, -0.15) is 0 Å². The highest BCUT2D eigenvalue weighted by molar-refractivity contribution is 9.10. The third kappa shape index (κ3) is 4.51.